The molecule has 1 aromatic carbocycles. The Balaban J connectivity index is 2.26. The van der Waals surface area contributed by atoms with Crippen molar-refractivity contribution in [3.63, 3.8) is 0 Å². The molecule has 1 rings (SSSR count). The SMILES string of the molecule is C/C(=C/Cl)CNCCc1cccc(C)c1. The Kier molecular flexibility index (Phi) is 5.44. The molecule has 0 atom stereocenters. The van der Waals surface area contributed by atoms with Gasteiger partial charge in [0.05, 0.1) is 0 Å². The Morgan fingerprint density at radius 3 is 2.93 bits per heavy atom. The Morgan fingerprint density at radius 2 is 2.27 bits per heavy atom. The molecule has 0 fully saturated rings. The van der Waals surface area contributed by atoms with Gasteiger partial charge in [-0.2, -0.15) is 0 Å². The van der Waals surface area contributed by atoms with E-state index in [9.17, 15) is 0 Å². The van der Waals surface area contributed by atoms with E-state index in [1.165, 1.54) is 16.7 Å². The highest BCUT2D eigenvalue weighted by Gasteiger charge is 1.93. The molecule has 0 unspecified atom stereocenters. The van der Waals surface area contributed by atoms with Crippen LogP contribution in [0.25, 0.3) is 0 Å². The highest BCUT2D eigenvalue weighted by molar-refractivity contribution is 6.25. The van der Waals surface area contributed by atoms with Crippen LogP contribution in [0.15, 0.2) is 35.4 Å². The van der Waals surface area contributed by atoms with E-state index in [0.29, 0.717) is 0 Å². The largest absolute Gasteiger partial charge is 0.313 e. The van der Waals surface area contributed by atoms with E-state index >= 15 is 0 Å². The minimum Gasteiger partial charge on any atom is -0.313 e. The molecule has 0 aliphatic heterocycles. The van der Waals surface area contributed by atoms with Crippen LogP contribution in [0, 0.1) is 6.92 Å². The molecule has 2 heteroatoms. The molecule has 0 spiro atoms. The van der Waals surface area contributed by atoms with Crippen molar-refractivity contribution in [3.8, 4) is 0 Å². The molecule has 1 aromatic rings. The lowest BCUT2D eigenvalue weighted by Crippen LogP contribution is -2.19. The van der Waals surface area contributed by atoms with Crippen LogP contribution in [0.5, 0.6) is 0 Å². The molecule has 0 heterocycles. The zero-order valence-electron chi connectivity index (χ0n) is 9.39. The molecular weight excluding hydrogens is 206 g/mol. The molecule has 0 aliphatic rings. The zero-order chi connectivity index (χ0) is 11.1. The van der Waals surface area contributed by atoms with Crippen molar-refractivity contribution in [2.75, 3.05) is 13.1 Å². The van der Waals surface area contributed by atoms with Gasteiger partial charge in [0.15, 0.2) is 0 Å². The van der Waals surface area contributed by atoms with Crippen LogP contribution in [-0.4, -0.2) is 13.1 Å². The number of nitrogens with one attached hydrogen (secondary N) is 1. The molecule has 82 valence electrons. The molecule has 1 nitrogen and oxygen atoms in total. The first kappa shape index (κ1) is 12.3. The van der Waals surface area contributed by atoms with E-state index in [-0.39, 0.29) is 0 Å². The first-order valence-corrected chi connectivity index (χ1v) is 5.68. The van der Waals surface area contributed by atoms with Crippen LogP contribution in [-0.2, 0) is 6.42 Å². The van der Waals surface area contributed by atoms with Crippen molar-refractivity contribution in [2.45, 2.75) is 20.3 Å². The molecule has 15 heavy (non-hydrogen) atoms. The predicted molar refractivity (Wildman–Crippen MR) is 67.4 cm³/mol. The van der Waals surface area contributed by atoms with Crippen LogP contribution >= 0.6 is 11.6 Å². The number of hydrogen-bond donors (Lipinski definition) is 1. The second kappa shape index (κ2) is 6.65. The number of benzene rings is 1. The number of rotatable bonds is 5. The van der Waals surface area contributed by atoms with Crippen molar-refractivity contribution in [3.05, 3.63) is 46.5 Å². The molecule has 0 aromatic heterocycles. The summed E-state index contributed by atoms with van der Waals surface area (Å²) in [6.45, 7) is 6.00. The molecule has 0 aliphatic carbocycles. The Labute approximate surface area is 97.1 Å². The topological polar surface area (TPSA) is 12.0 Å². The summed E-state index contributed by atoms with van der Waals surface area (Å²) in [5, 5.41) is 3.35. The van der Waals surface area contributed by atoms with Gasteiger partial charge in [-0.1, -0.05) is 41.4 Å². The Hall–Kier alpha value is -0.790. The first-order chi connectivity index (χ1) is 7.22. The number of halogens is 1. The molecule has 0 bridgehead atoms. The van der Waals surface area contributed by atoms with Crippen molar-refractivity contribution in [1.29, 1.82) is 0 Å². The Morgan fingerprint density at radius 1 is 1.47 bits per heavy atom. The van der Waals surface area contributed by atoms with Crippen molar-refractivity contribution < 1.29 is 0 Å². The van der Waals surface area contributed by atoms with Crippen molar-refractivity contribution in [2.24, 2.45) is 0 Å². The third-order valence-corrected chi connectivity index (χ3v) is 2.64. The molecule has 0 radical (unpaired) electrons. The van der Waals surface area contributed by atoms with Gasteiger partial charge in [0, 0.05) is 12.1 Å². The number of aryl methyl sites for hydroxylation is 1. The van der Waals surface area contributed by atoms with Crippen LogP contribution in [0.2, 0.25) is 0 Å². The lowest BCUT2D eigenvalue weighted by Gasteiger charge is -2.05. The van der Waals surface area contributed by atoms with Crippen LogP contribution < -0.4 is 5.32 Å². The van der Waals surface area contributed by atoms with Crippen molar-refractivity contribution >= 4 is 11.6 Å². The molecule has 0 saturated heterocycles. The lowest BCUT2D eigenvalue weighted by molar-refractivity contribution is 0.728. The highest BCUT2D eigenvalue weighted by atomic mass is 35.5. The normalized spacial score (nSPS) is 11.8. The quantitative estimate of drug-likeness (QED) is 0.756. The second-order valence-electron chi connectivity index (χ2n) is 3.87. The summed E-state index contributed by atoms with van der Waals surface area (Å²) < 4.78 is 0. The summed E-state index contributed by atoms with van der Waals surface area (Å²) in [6.07, 6.45) is 1.07. The van der Waals surface area contributed by atoms with E-state index < -0.39 is 0 Å². The maximum atomic E-state index is 5.57. The second-order valence-corrected chi connectivity index (χ2v) is 4.09. The monoisotopic (exact) mass is 223 g/mol. The molecular formula is C13H18ClN. The van der Waals surface area contributed by atoms with Gasteiger partial charge < -0.3 is 5.32 Å². The minimum absolute atomic E-state index is 0.870. The Bertz CT molecular complexity index is 331. The van der Waals surface area contributed by atoms with Gasteiger partial charge >= 0.3 is 0 Å². The molecule has 0 saturated carbocycles. The van der Waals surface area contributed by atoms with Gasteiger partial charge in [0.1, 0.15) is 0 Å². The van der Waals surface area contributed by atoms with E-state index in [0.717, 1.165) is 19.5 Å². The average Bonchev–Trinajstić information content (AvgIpc) is 2.24. The zero-order valence-corrected chi connectivity index (χ0v) is 10.1. The summed E-state index contributed by atoms with van der Waals surface area (Å²) in [7, 11) is 0. The van der Waals surface area contributed by atoms with Gasteiger partial charge in [-0.15, -0.1) is 0 Å². The summed E-state index contributed by atoms with van der Waals surface area (Å²) in [5.41, 5.74) is 5.50. The van der Waals surface area contributed by atoms with E-state index in [2.05, 4.69) is 36.5 Å². The summed E-state index contributed by atoms with van der Waals surface area (Å²) >= 11 is 5.57. The predicted octanol–water partition coefficient (Wildman–Crippen LogP) is 3.27. The summed E-state index contributed by atoms with van der Waals surface area (Å²) in [5.74, 6) is 0. The molecule has 1 N–H and O–H groups in total. The van der Waals surface area contributed by atoms with E-state index in [4.69, 9.17) is 11.6 Å². The summed E-state index contributed by atoms with van der Waals surface area (Å²) in [6, 6.07) is 8.62. The first-order valence-electron chi connectivity index (χ1n) is 5.24. The van der Waals surface area contributed by atoms with Gasteiger partial charge in [-0.25, -0.2) is 0 Å². The third kappa shape index (κ3) is 5.01. The van der Waals surface area contributed by atoms with Gasteiger partial charge in [-0.3, -0.25) is 0 Å². The molecule has 0 amide bonds. The average molecular weight is 224 g/mol. The fourth-order valence-electron chi connectivity index (χ4n) is 1.42. The summed E-state index contributed by atoms with van der Waals surface area (Å²) in [4.78, 5) is 0. The van der Waals surface area contributed by atoms with E-state index in [1.807, 2.05) is 6.92 Å². The van der Waals surface area contributed by atoms with Gasteiger partial charge in [0.25, 0.3) is 0 Å². The van der Waals surface area contributed by atoms with Crippen molar-refractivity contribution in [1.82, 2.24) is 5.32 Å². The smallest absolute Gasteiger partial charge is 0.0173 e. The third-order valence-electron chi connectivity index (χ3n) is 2.26. The van der Waals surface area contributed by atoms with Gasteiger partial charge in [0.2, 0.25) is 0 Å². The van der Waals surface area contributed by atoms with Crippen LogP contribution in [0.4, 0.5) is 0 Å². The maximum Gasteiger partial charge on any atom is 0.0173 e. The minimum atomic E-state index is 0.870. The lowest BCUT2D eigenvalue weighted by atomic mass is 10.1. The fraction of sp³-hybridized carbons (Fsp3) is 0.385. The maximum absolute atomic E-state index is 5.57. The van der Waals surface area contributed by atoms with Crippen LogP contribution in [0.1, 0.15) is 18.1 Å². The number of hydrogen-bond acceptors (Lipinski definition) is 1. The standard InChI is InChI=1S/C13H18ClN/c1-11-4-3-5-13(8-11)6-7-15-10-12(2)9-14/h3-5,8-9,15H,6-7,10H2,1-2H3/b12-9-. The van der Waals surface area contributed by atoms with Crippen LogP contribution in [0.3, 0.4) is 0 Å². The van der Waals surface area contributed by atoms with E-state index in [1.54, 1.807) is 5.54 Å². The van der Waals surface area contributed by atoms with Gasteiger partial charge in [-0.05, 0) is 37.9 Å². The highest BCUT2D eigenvalue weighted by Crippen LogP contribution is 2.03. The fourth-order valence-corrected chi connectivity index (χ4v) is 1.50.